The SMILES string of the molecule is c1cncc(-c2cc(-c3ccc(C4(c5ccc(N6c7ccccc7Sc7ccccc76)cc5)CCCCC4)cc3)cc(-c3cccnc3)c2)c1. The standard InChI is InChI=1S/C46H37N3S/c1-6-24-46(25-7-1,40-20-22-41(23-21-40)49-42-12-2-4-14-44(42)50-45-15-5-3-13-43(45)49)39-18-16-33(17-19-39)36-28-37(34-10-8-26-47-31-34)30-38(29-36)35-11-9-27-48-32-35/h2-5,8-23,26-32H,1,6-7,24-25H2. The molecular weight excluding hydrogens is 627 g/mol. The summed E-state index contributed by atoms with van der Waals surface area (Å²) in [5.41, 5.74) is 13.4. The van der Waals surface area contributed by atoms with E-state index in [9.17, 15) is 0 Å². The molecule has 3 heterocycles. The maximum absolute atomic E-state index is 4.40. The lowest BCUT2D eigenvalue weighted by Crippen LogP contribution is -2.30. The highest BCUT2D eigenvalue weighted by Gasteiger charge is 2.36. The molecule has 2 aromatic heterocycles. The summed E-state index contributed by atoms with van der Waals surface area (Å²) in [6, 6.07) is 51.5. The first kappa shape index (κ1) is 30.6. The second-order valence-corrected chi connectivity index (χ2v) is 14.5. The van der Waals surface area contributed by atoms with Crippen molar-refractivity contribution in [1.82, 2.24) is 9.97 Å². The average Bonchev–Trinajstić information content (AvgIpc) is 3.21. The van der Waals surface area contributed by atoms with Crippen molar-refractivity contribution in [3.63, 3.8) is 0 Å². The van der Waals surface area contributed by atoms with E-state index in [-0.39, 0.29) is 5.41 Å². The molecule has 242 valence electrons. The maximum atomic E-state index is 4.40. The lowest BCUT2D eigenvalue weighted by Gasteiger charge is -2.39. The van der Waals surface area contributed by atoms with E-state index in [1.165, 1.54) is 81.2 Å². The second kappa shape index (κ2) is 13.1. The monoisotopic (exact) mass is 663 g/mol. The number of hydrogen-bond acceptors (Lipinski definition) is 4. The zero-order valence-electron chi connectivity index (χ0n) is 27.9. The molecule has 50 heavy (non-hydrogen) atoms. The summed E-state index contributed by atoms with van der Waals surface area (Å²) in [4.78, 5) is 13.8. The molecule has 0 radical (unpaired) electrons. The predicted octanol–water partition coefficient (Wildman–Crippen LogP) is 12.7. The normalized spacial score (nSPS) is 14.8. The summed E-state index contributed by atoms with van der Waals surface area (Å²) >= 11 is 1.85. The molecule has 1 aliphatic carbocycles. The van der Waals surface area contributed by atoms with Gasteiger partial charge in [-0.25, -0.2) is 0 Å². The molecule has 0 N–H and O–H groups in total. The number of para-hydroxylation sites is 2. The third-order valence-electron chi connectivity index (χ3n) is 10.5. The number of pyridine rings is 2. The summed E-state index contributed by atoms with van der Waals surface area (Å²) in [6.45, 7) is 0. The van der Waals surface area contributed by atoms with Crippen molar-refractivity contribution >= 4 is 28.8 Å². The number of aromatic nitrogens is 2. The van der Waals surface area contributed by atoms with Crippen LogP contribution in [0.5, 0.6) is 0 Å². The minimum absolute atomic E-state index is 0.00129. The van der Waals surface area contributed by atoms with Crippen molar-refractivity contribution < 1.29 is 0 Å². The topological polar surface area (TPSA) is 29.0 Å². The first-order valence-electron chi connectivity index (χ1n) is 17.6. The van der Waals surface area contributed by atoms with Gasteiger partial charge in [-0.1, -0.05) is 104 Å². The molecule has 0 unspecified atom stereocenters. The third-order valence-corrected chi connectivity index (χ3v) is 11.6. The lowest BCUT2D eigenvalue weighted by atomic mass is 9.65. The lowest BCUT2D eigenvalue weighted by molar-refractivity contribution is 0.346. The minimum atomic E-state index is 0.00129. The van der Waals surface area contributed by atoms with E-state index in [0.29, 0.717) is 0 Å². The van der Waals surface area contributed by atoms with Crippen LogP contribution in [0.4, 0.5) is 17.1 Å². The molecule has 5 aromatic carbocycles. The molecule has 0 amide bonds. The number of hydrogen-bond donors (Lipinski definition) is 0. The van der Waals surface area contributed by atoms with Crippen LogP contribution in [0.2, 0.25) is 0 Å². The Labute approximate surface area is 298 Å². The summed E-state index contributed by atoms with van der Waals surface area (Å²) in [6.07, 6.45) is 13.7. The van der Waals surface area contributed by atoms with E-state index < -0.39 is 0 Å². The smallest absolute Gasteiger partial charge is 0.0601 e. The van der Waals surface area contributed by atoms with Crippen LogP contribution in [0.1, 0.15) is 43.2 Å². The van der Waals surface area contributed by atoms with Gasteiger partial charge in [0.1, 0.15) is 0 Å². The molecule has 2 aliphatic rings. The van der Waals surface area contributed by atoms with Gasteiger partial charge < -0.3 is 4.90 Å². The molecule has 1 saturated carbocycles. The molecule has 1 aliphatic heterocycles. The van der Waals surface area contributed by atoms with Crippen molar-refractivity contribution in [3.05, 3.63) is 175 Å². The fraction of sp³-hybridized carbons (Fsp3) is 0.130. The molecule has 0 saturated heterocycles. The largest absolute Gasteiger partial charge is 0.308 e. The van der Waals surface area contributed by atoms with E-state index in [2.05, 4.69) is 142 Å². The summed E-state index contributed by atoms with van der Waals surface area (Å²) < 4.78 is 0. The first-order valence-corrected chi connectivity index (χ1v) is 18.4. The van der Waals surface area contributed by atoms with Crippen molar-refractivity contribution in [3.8, 4) is 33.4 Å². The van der Waals surface area contributed by atoms with Crippen molar-refractivity contribution in [2.24, 2.45) is 0 Å². The Morgan fingerprint density at radius 2 is 0.960 bits per heavy atom. The van der Waals surface area contributed by atoms with Crippen molar-refractivity contribution in [2.75, 3.05) is 4.90 Å². The van der Waals surface area contributed by atoms with E-state index >= 15 is 0 Å². The molecule has 9 rings (SSSR count). The maximum Gasteiger partial charge on any atom is 0.0601 e. The van der Waals surface area contributed by atoms with Gasteiger partial charge in [-0.3, -0.25) is 9.97 Å². The number of rotatable bonds is 6. The highest BCUT2D eigenvalue weighted by atomic mass is 32.2. The summed E-state index contributed by atoms with van der Waals surface area (Å²) in [5.74, 6) is 0. The number of benzene rings is 5. The average molecular weight is 664 g/mol. The van der Waals surface area contributed by atoms with Crippen LogP contribution in [-0.4, -0.2) is 9.97 Å². The number of fused-ring (bicyclic) bond motifs is 2. The van der Waals surface area contributed by atoms with Gasteiger partial charge in [0.25, 0.3) is 0 Å². The summed E-state index contributed by atoms with van der Waals surface area (Å²) in [7, 11) is 0. The van der Waals surface area contributed by atoms with Crippen LogP contribution >= 0.6 is 11.8 Å². The van der Waals surface area contributed by atoms with E-state index in [1.807, 2.05) is 48.7 Å². The molecule has 0 spiro atoms. The van der Waals surface area contributed by atoms with E-state index in [0.717, 1.165) is 22.3 Å². The molecule has 0 bridgehead atoms. The minimum Gasteiger partial charge on any atom is -0.308 e. The fourth-order valence-corrected chi connectivity index (χ4v) is 9.05. The van der Waals surface area contributed by atoms with Crippen LogP contribution < -0.4 is 4.90 Å². The zero-order chi connectivity index (χ0) is 33.3. The van der Waals surface area contributed by atoms with Crippen LogP contribution in [0.3, 0.4) is 0 Å². The van der Waals surface area contributed by atoms with Gasteiger partial charge in [0.05, 0.1) is 11.4 Å². The second-order valence-electron chi connectivity index (χ2n) is 13.4. The van der Waals surface area contributed by atoms with Crippen molar-refractivity contribution in [1.29, 1.82) is 0 Å². The van der Waals surface area contributed by atoms with E-state index in [4.69, 9.17) is 0 Å². The Balaban J connectivity index is 1.08. The highest BCUT2D eigenvalue weighted by Crippen LogP contribution is 2.52. The predicted molar refractivity (Wildman–Crippen MR) is 207 cm³/mol. The first-order chi connectivity index (χ1) is 24.7. The van der Waals surface area contributed by atoms with Crippen LogP contribution in [0.15, 0.2) is 174 Å². The van der Waals surface area contributed by atoms with Crippen LogP contribution in [0.25, 0.3) is 33.4 Å². The quantitative estimate of drug-likeness (QED) is 0.177. The highest BCUT2D eigenvalue weighted by molar-refractivity contribution is 7.99. The zero-order valence-corrected chi connectivity index (χ0v) is 28.7. The Hall–Kier alpha value is -5.45. The number of nitrogens with zero attached hydrogens (tertiary/aromatic N) is 3. The Kier molecular flexibility index (Phi) is 8.02. The van der Waals surface area contributed by atoms with Gasteiger partial charge in [0.2, 0.25) is 0 Å². The van der Waals surface area contributed by atoms with Gasteiger partial charge in [0, 0.05) is 56.8 Å². The summed E-state index contributed by atoms with van der Waals surface area (Å²) in [5, 5.41) is 0. The Morgan fingerprint density at radius 3 is 1.48 bits per heavy atom. The molecule has 3 nitrogen and oxygen atoms in total. The molecular formula is C46H37N3S. The van der Waals surface area contributed by atoms with Crippen LogP contribution in [-0.2, 0) is 5.41 Å². The Bertz CT molecular complexity index is 2160. The third kappa shape index (κ3) is 5.60. The van der Waals surface area contributed by atoms with E-state index in [1.54, 1.807) is 0 Å². The van der Waals surface area contributed by atoms with Crippen molar-refractivity contribution in [2.45, 2.75) is 47.3 Å². The van der Waals surface area contributed by atoms with Gasteiger partial charge in [-0.05, 0) is 113 Å². The van der Waals surface area contributed by atoms with Gasteiger partial charge in [-0.15, -0.1) is 0 Å². The molecule has 4 heteroatoms. The number of anilines is 3. The molecule has 1 fully saturated rings. The molecule has 0 atom stereocenters. The Morgan fingerprint density at radius 1 is 0.460 bits per heavy atom. The fourth-order valence-electron chi connectivity index (χ4n) is 7.99. The van der Waals surface area contributed by atoms with Gasteiger partial charge >= 0.3 is 0 Å². The van der Waals surface area contributed by atoms with Crippen LogP contribution in [0, 0.1) is 0 Å². The molecule has 7 aromatic rings. The van der Waals surface area contributed by atoms with Gasteiger partial charge in [0.15, 0.2) is 0 Å². The van der Waals surface area contributed by atoms with Gasteiger partial charge in [-0.2, -0.15) is 0 Å².